The quantitative estimate of drug-likeness (QED) is 0.427. The predicted molar refractivity (Wildman–Crippen MR) is 49.3 cm³/mol. The van der Waals surface area contributed by atoms with Gasteiger partial charge >= 0.3 is 0 Å². The van der Waals surface area contributed by atoms with Crippen LogP contribution in [0.15, 0.2) is 0 Å². The first-order valence-electron chi connectivity index (χ1n) is 3.72. The molecule has 0 saturated heterocycles. The van der Waals surface area contributed by atoms with Crippen LogP contribution < -0.4 is 10.6 Å². The summed E-state index contributed by atoms with van der Waals surface area (Å²) in [6.07, 6.45) is 0. The molecule has 3 heteroatoms. The van der Waals surface area contributed by atoms with Crippen LogP contribution in [0.2, 0.25) is 0 Å². The summed E-state index contributed by atoms with van der Waals surface area (Å²) in [6.45, 7) is 8.41. The zero-order valence-electron chi connectivity index (χ0n) is 7.18. The summed E-state index contributed by atoms with van der Waals surface area (Å²) in [5, 5.41) is 6.45. The Hall–Kier alpha value is 0.270. The van der Waals surface area contributed by atoms with Crippen molar-refractivity contribution in [2.45, 2.75) is 45.3 Å². The molecule has 62 valence electrons. The normalized spacial score (nSPS) is 12.0. The van der Waals surface area contributed by atoms with Crippen molar-refractivity contribution in [2.24, 2.45) is 0 Å². The van der Waals surface area contributed by atoms with Crippen molar-refractivity contribution < 1.29 is 0 Å². The fourth-order valence-corrected chi connectivity index (χ4v) is 1.28. The first-order valence-corrected chi connectivity index (χ1v) is 4.24. The molecule has 2 nitrogen and oxygen atoms in total. The average Bonchev–Trinajstić information content (AvgIpc) is 1.58. The van der Waals surface area contributed by atoms with Crippen LogP contribution in [0.5, 0.6) is 0 Å². The second kappa shape index (κ2) is 4.99. The third-order valence-electron chi connectivity index (χ3n) is 0.982. The maximum absolute atomic E-state index is 4.29. The van der Waals surface area contributed by atoms with Crippen LogP contribution in [-0.2, 0) is 0 Å². The number of thiol groups is 1. The molecule has 0 aliphatic carbocycles. The Bertz CT molecular complexity index is 73.7. The molecule has 0 bridgehead atoms. The topological polar surface area (TPSA) is 24.1 Å². The molecule has 0 heterocycles. The van der Waals surface area contributed by atoms with Gasteiger partial charge in [0.2, 0.25) is 0 Å². The molecule has 0 aromatic carbocycles. The Labute approximate surface area is 69.2 Å². The molecule has 0 atom stereocenters. The predicted octanol–water partition coefficient (Wildman–Crippen LogP) is 1.20. The molecule has 0 rings (SSSR count). The SMILES string of the molecule is CC(C)NC(S)NC(C)C. The van der Waals surface area contributed by atoms with E-state index in [4.69, 9.17) is 0 Å². The summed E-state index contributed by atoms with van der Waals surface area (Å²) in [5.74, 6) is 0. The summed E-state index contributed by atoms with van der Waals surface area (Å²) in [4.78, 5) is 0. The van der Waals surface area contributed by atoms with Crippen molar-refractivity contribution >= 4 is 12.6 Å². The van der Waals surface area contributed by atoms with Gasteiger partial charge in [0.1, 0.15) is 5.50 Å². The fourth-order valence-electron chi connectivity index (χ4n) is 0.680. The number of rotatable bonds is 4. The second-order valence-corrected chi connectivity index (χ2v) is 3.56. The summed E-state index contributed by atoms with van der Waals surface area (Å²) in [7, 11) is 0. The van der Waals surface area contributed by atoms with Crippen LogP contribution in [0.4, 0.5) is 0 Å². The van der Waals surface area contributed by atoms with Gasteiger partial charge in [-0.3, -0.25) is 10.6 Å². The zero-order valence-corrected chi connectivity index (χ0v) is 8.07. The summed E-state index contributed by atoms with van der Waals surface area (Å²) < 4.78 is 0. The lowest BCUT2D eigenvalue weighted by Gasteiger charge is -2.19. The first kappa shape index (κ1) is 10.3. The van der Waals surface area contributed by atoms with Crippen molar-refractivity contribution in [3.63, 3.8) is 0 Å². The monoisotopic (exact) mass is 162 g/mol. The minimum atomic E-state index is 0.111. The molecule has 2 N–H and O–H groups in total. The molecule has 0 amide bonds. The van der Waals surface area contributed by atoms with E-state index in [1.54, 1.807) is 0 Å². The van der Waals surface area contributed by atoms with Gasteiger partial charge in [-0.15, -0.1) is 12.6 Å². The van der Waals surface area contributed by atoms with Gasteiger partial charge in [0.05, 0.1) is 0 Å². The molecule has 0 aromatic heterocycles. The molecular formula is C7H18N2S. The van der Waals surface area contributed by atoms with E-state index in [0.29, 0.717) is 12.1 Å². The van der Waals surface area contributed by atoms with Crippen molar-refractivity contribution in [1.82, 2.24) is 10.6 Å². The average molecular weight is 162 g/mol. The fraction of sp³-hybridized carbons (Fsp3) is 1.00. The van der Waals surface area contributed by atoms with Crippen molar-refractivity contribution in [2.75, 3.05) is 0 Å². The van der Waals surface area contributed by atoms with E-state index in [9.17, 15) is 0 Å². The van der Waals surface area contributed by atoms with E-state index < -0.39 is 0 Å². The van der Waals surface area contributed by atoms with Gasteiger partial charge < -0.3 is 0 Å². The highest BCUT2D eigenvalue weighted by molar-refractivity contribution is 7.80. The lowest BCUT2D eigenvalue weighted by atomic mass is 10.4. The standard InChI is InChI=1S/C7H18N2S/c1-5(2)8-7(10)9-6(3)4/h5-10H,1-4H3. The lowest BCUT2D eigenvalue weighted by molar-refractivity contribution is 0.461. The van der Waals surface area contributed by atoms with Crippen LogP contribution in [0, 0.1) is 0 Å². The van der Waals surface area contributed by atoms with E-state index in [-0.39, 0.29) is 5.50 Å². The zero-order chi connectivity index (χ0) is 8.15. The highest BCUT2D eigenvalue weighted by atomic mass is 32.1. The molecule has 0 aliphatic rings. The van der Waals surface area contributed by atoms with Crippen LogP contribution in [0.25, 0.3) is 0 Å². The van der Waals surface area contributed by atoms with Gasteiger partial charge in [0.15, 0.2) is 0 Å². The van der Waals surface area contributed by atoms with Crippen molar-refractivity contribution in [1.29, 1.82) is 0 Å². The van der Waals surface area contributed by atoms with Gasteiger partial charge in [0.25, 0.3) is 0 Å². The molecule has 0 fully saturated rings. The van der Waals surface area contributed by atoms with Crippen molar-refractivity contribution in [3.8, 4) is 0 Å². The summed E-state index contributed by atoms with van der Waals surface area (Å²) in [5.41, 5.74) is 0.111. The minimum Gasteiger partial charge on any atom is -0.291 e. The van der Waals surface area contributed by atoms with E-state index in [1.807, 2.05) is 0 Å². The second-order valence-electron chi connectivity index (χ2n) is 3.05. The Kier molecular flexibility index (Phi) is 5.13. The lowest BCUT2D eigenvalue weighted by Crippen LogP contribution is -2.44. The van der Waals surface area contributed by atoms with Gasteiger partial charge in [-0.25, -0.2) is 0 Å². The van der Waals surface area contributed by atoms with E-state index >= 15 is 0 Å². The molecule has 0 radical (unpaired) electrons. The Morgan fingerprint density at radius 3 is 1.40 bits per heavy atom. The van der Waals surface area contributed by atoms with E-state index in [1.165, 1.54) is 0 Å². The van der Waals surface area contributed by atoms with Gasteiger partial charge in [-0.1, -0.05) is 0 Å². The third-order valence-corrected chi connectivity index (χ3v) is 1.28. The van der Waals surface area contributed by atoms with Crippen LogP contribution in [0.3, 0.4) is 0 Å². The smallest absolute Gasteiger partial charge is 0.103 e. The molecule has 0 spiro atoms. The first-order chi connectivity index (χ1) is 4.52. The minimum absolute atomic E-state index is 0.111. The van der Waals surface area contributed by atoms with Crippen LogP contribution in [0.1, 0.15) is 27.7 Å². The molecule has 10 heavy (non-hydrogen) atoms. The van der Waals surface area contributed by atoms with Crippen LogP contribution in [-0.4, -0.2) is 17.6 Å². The summed E-state index contributed by atoms with van der Waals surface area (Å²) in [6, 6.07) is 0.961. The maximum Gasteiger partial charge on any atom is 0.103 e. The number of nitrogens with one attached hydrogen (secondary N) is 2. The van der Waals surface area contributed by atoms with Crippen molar-refractivity contribution in [3.05, 3.63) is 0 Å². The molecule has 0 saturated carbocycles. The molecule has 0 aliphatic heterocycles. The number of hydrogen-bond donors (Lipinski definition) is 3. The largest absolute Gasteiger partial charge is 0.291 e. The van der Waals surface area contributed by atoms with Gasteiger partial charge in [-0.05, 0) is 27.7 Å². The Morgan fingerprint density at radius 1 is 0.900 bits per heavy atom. The molecule has 0 unspecified atom stereocenters. The molecule has 0 aromatic rings. The Morgan fingerprint density at radius 2 is 1.20 bits per heavy atom. The number of hydrogen-bond acceptors (Lipinski definition) is 3. The van der Waals surface area contributed by atoms with Gasteiger partial charge in [-0.2, -0.15) is 0 Å². The van der Waals surface area contributed by atoms with Crippen LogP contribution >= 0.6 is 12.6 Å². The highest BCUT2D eigenvalue weighted by Gasteiger charge is 2.03. The highest BCUT2D eigenvalue weighted by Crippen LogP contribution is 1.90. The summed E-state index contributed by atoms with van der Waals surface area (Å²) >= 11 is 4.29. The van der Waals surface area contributed by atoms with E-state index in [0.717, 1.165) is 0 Å². The maximum atomic E-state index is 4.29. The Balaban J connectivity index is 3.34. The molecular weight excluding hydrogens is 144 g/mol. The van der Waals surface area contributed by atoms with E-state index in [2.05, 4.69) is 51.0 Å². The third kappa shape index (κ3) is 6.39. The van der Waals surface area contributed by atoms with Gasteiger partial charge in [0, 0.05) is 12.1 Å².